The molecule has 0 fully saturated rings. The predicted molar refractivity (Wildman–Crippen MR) is 55.5 cm³/mol. The molecule has 0 saturated carbocycles. The van der Waals surface area contributed by atoms with Gasteiger partial charge in [0, 0.05) is 11.9 Å². The molecule has 0 spiro atoms. The minimum Gasteiger partial charge on any atom is -0.358 e. The standard InChI is InChI=1S/C9H12N2O2S/c1-6-3-4-7(14-6)9(13)11-5-8(12)10-2/h3-4H,5H2,1-2H3,(H,10,12)(H,11,13). The van der Waals surface area contributed by atoms with Gasteiger partial charge in [-0.25, -0.2) is 0 Å². The minimum absolute atomic E-state index is 0.0201. The van der Waals surface area contributed by atoms with Crippen LogP contribution in [-0.2, 0) is 4.79 Å². The van der Waals surface area contributed by atoms with Crippen LogP contribution < -0.4 is 10.6 Å². The first-order chi connectivity index (χ1) is 6.63. The van der Waals surface area contributed by atoms with Crippen molar-refractivity contribution in [3.63, 3.8) is 0 Å². The van der Waals surface area contributed by atoms with Gasteiger partial charge in [0.05, 0.1) is 11.4 Å². The van der Waals surface area contributed by atoms with Crippen LogP contribution in [0, 0.1) is 6.92 Å². The van der Waals surface area contributed by atoms with Crippen molar-refractivity contribution in [2.45, 2.75) is 6.92 Å². The zero-order valence-electron chi connectivity index (χ0n) is 8.09. The predicted octanol–water partition coefficient (Wildman–Crippen LogP) is 0.532. The number of aryl methyl sites for hydroxylation is 1. The zero-order chi connectivity index (χ0) is 10.6. The molecule has 1 aromatic heterocycles. The molecule has 0 bridgehead atoms. The molecule has 0 radical (unpaired) electrons. The number of thiophene rings is 1. The highest BCUT2D eigenvalue weighted by Crippen LogP contribution is 2.14. The van der Waals surface area contributed by atoms with Crippen molar-refractivity contribution in [3.8, 4) is 0 Å². The number of carbonyl (C=O) groups is 2. The van der Waals surface area contributed by atoms with Crippen molar-refractivity contribution in [2.24, 2.45) is 0 Å². The Morgan fingerprint density at radius 2 is 2.14 bits per heavy atom. The van der Waals surface area contributed by atoms with Crippen molar-refractivity contribution in [1.82, 2.24) is 10.6 Å². The summed E-state index contributed by atoms with van der Waals surface area (Å²) in [6.07, 6.45) is 0. The summed E-state index contributed by atoms with van der Waals surface area (Å²) in [7, 11) is 1.53. The number of hydrogen-bond acceptors (Lipinski definition) is 3. The van der Waals surface area contributed by atoms with Crippen molar-refractivity contribution in [3.05, 3.63) is 21.9 Å². The summed E-state index contributed by atoms with van der Waals surface area (Å²) >= 11 is 1.41. The number of amides is 2. The smallest absolute Gasteiger partial charge is 0.261 e. The minimum atomic E-state index is -0.202. The quantitative estimate of drug-likeness (QED) is 0.768. The SMILES string of the molecule is CNC(=O)CNC(=O)c1ccc(C)s1. The molecule has 0 atom stereocenters. The molecule has 14 heavy (non-hydrogen) atoms. The average Bonchev–Trinajstić information content (AvgIpc) is 2.60. The largest absolute Gasteiger partial charge is 0.358 e. The Kier molecular flexibility index (Phi) is 3.64. The Hall–Kier alpha value is -1.36. The summed E-state index contributed by atoms with van der Waals surface area (Å²) < 4.78 is 0. The second-order valence-corrected chi connectivity index (χ2v) is 4.05. The third kappa shape index (κ3) is 2.85. The third-order valence-electron chi connectivity index (χ3n) is 1.65. The van der Waals surface area contributed by atoms with E-state index in [1.807, 2.05) is 13.0 Å². The monoisotopic (exact) mass is 212 g/mol. The van der Waals surface area contributed by atoms with Gasteiger partial charge < -0.3 is 10.6 Å². The van der Waals surface area contributed by atoms with Crippen LogP contribution in [0.3, 0.4) is 0 Å². The molecule has 0 aliphatic heterocycles. The van der Waals surface area contributed by atoms with Gasteiger partial charge in [0.1, 0.15) is 0 Å². The highest BCUT2D eigenvalue weighted by molar-refractivity contribution is 7.13. The molecular formula is C9H12N2O2S. The molecule has 0 unspecified atom stereocenters. The van der Waals surface area contributed by atoms with Crippen LogP contribution in [0.25, 0.3) is 0 Å². The second kappa shape index (κ2) is 4.76. The van der Waals surface area contributed by atoms with Gasteiger partial charge in [-0.3, -0.25) is 9.59 Å². The molecule has 0 aromatic carbocycles. The van der Waals surface area contributed by atoms with E-state index < -0.39 is 0 Å². The van der Waals surface area contributed by atoms with Crippen LogP contribution >= 0.6 is 11.3 Å². The van der Waals surface area contributed by atoms with Gasteiger partial charge in [-0.2, -0.15) is 0 Å². The van der Waals surface area contributed by atoms with Gasteiger partial charge in [0.15, 0.2) is 0 Å². The number of hydrogen-bond donors (Lipinski definition) is 2. The Balaban J connectivity index is 2.47. The Morgan fingerprint density at radius 1 is 1.43 bits per heavy atom. The van der Waals surface area contributed by atoms with Gasteiger partial charge in [-0.05, 0) is 19.1 Å². The number of nitrogens with one attached hydrogen (secondary N) is 2. The first-order valence-electron chi connectivity index (χ1n) is 4.18. The molecule has 1 heterocycles. The fourth-order valence-electron chi connectivity index (χ4n) is 0.893. The number of rotatable bonds is 3. The first-order valence-corrected chi connectivity index (χ1v) is 5.00. The fraction of sp³-hybridized carbons (Fsp3) is 0.333. The number of likely N-dealkylation sites (N-methyl/N-ethyl adjacent to an activating group) is 1. The zero-order valence-corrected chi connectivity index (χ0v) is 8.90. The van der Waals surface area contributed by atoms with E-state index in [-0.39, 0.29) is 18.4 Å². The summed E-state index contributed by atoms with van der Waals surface area (Å²) in [4.78, 5) is 23.9. The molecule has 76 valence electrons. The molecule has 1 aromatic rings. The molecule has 1 rings (SSSR count). The van der Waals surface area contributed by atoms with Crippen LogP contribution in [-0.4, -0.2) is 25.4 Å². The van der Waals surface area contributed by atoms with Crippen molar-refractivity contribution in [2.75, 3.05) is 13.6 Å². The lowest BCUT2D eigenvalue weighted by Gasteiger charge is -2.01. The molecule has 5 heteroatoms. The van der Waals surface area contributed by atoms with Crippen molar-refractivity contribution in [1.29, 1.82) is 0 Å². The summed E-state index contributed by atoms with van der Waals surface area (Å²) in [5.41, 5.74) is 0. The van der Waals surface area contributed by atoms with E-state index in [0.29, 0.717) is 4.88 Å². The van der Waals surface area contributed by atoms with E-state index in [9.17, 15) is 9.59 Å². The summed E-state index contributed by atoms with van der Waals surface area (Å²) in [6.45, 7) is 1.95. The maximum absolute atomic E-state index is 11.4. The van der Waals surface area contributed by atoms with E-state index >= 15 is 0 Å². The Morgan fingerprint density at radius 3 is 2.64 bits per heavy atom. The van der Waals surface area contributed by atoms with Crippen LogP contribution in [0.15, 0.2) is 12.1 Å². The first kappa shape index (κ1) is 10.7. The maximum atomic E-state index is 11.4. The molecule has 0 aliphatic carbocycles. The van der Waals surface area contributed by atoms with Gasteiger partial charge in [-0.1, -0.05) is 0 Å². The topological polar surface area (TPSA) is 58.2 Å². The van der Waals surface area contributed by atoms with Gasteiger partial charge in [-0.15, -0.1) is 11.3 Å². The Bertz CT molecular complexity index is 346. The molecule has 0 saturated heterocycles. The van der Waals surface area contributed by atoms with E-state index in [2.05, 4.69) is 10.6 Å². The Labute approximate surface area is 86.3 Å². The highest BCUT2D eigenvalue weighted by atomic mass is 32.1. The second-order valence-electron chi connectivity index (χ2n) is 2.77. The fourth-order valence-corrected chi connectivity index (χ4v) is 1.68. The summed E-state index contributed by atoms with van der Waals surface area (Å²) in [5, 5.41) is 4.95. The molecule has 2 N–H and O–H groups in total. The van der Waals surface area contributed by atoms with E-state index in [4.69, 9.17) is 0 Å². The van der Waals surface area contributed by atoms with E-state index in [1.54, 1.807) is 6.07 Å². The van der Waals surface area contributed by atoms with Gasteiger partial charge in [0.2, 0.25) is 5.91 Å². The third-order valence-corrected chi connectivity index (χ3v) is 2.65. The van der Waals surface area contributed by atoms with E-state index in [0.717, 1.165) is 4.88 Å². The van der Waals surface area contributed by atoms with Crippen LogP contribution in [0.5, 0.6) is 0 Å². The molecule has 2 amide bonds. The summed E-state index contributed by atoms with van der Waals surface area (Å²) in [6, 6.07) is 3.62. The van der Waals surface area contributed by atoms with E-state index in [1.165, 1.54) is 18.4 Å². The lowest BCUT2D eigenvalue weighted by Crippen LogP contribution is -2.34. The van der Waals surface area contributed by atoms with Crippen LogP contribution in [0.4, 0.5) is 0 Å². The van der Waals surface area contributed by atoms with Crippen molar-refractivity contribution < 1.29 is 9.59 Å². The normalized spacial score (nSPS) is 9.57. The molecule has 4 nitrogen and oxygen atoms in total. The van der Waals surface area contributed by atoms with Crippen LogP contribution in [0.2, 0.25) is 0 Å². The lowest BCUT2D eigenvalue weighted by molar-refractivity contribution is -0.119. The molecule has 0 aliphatic rings. The lowest BCUT2D eigenvalue weighted by atomic mass is 10.4. The summed E-state index contributed by atoms with van der Waals surface area (Å²) in [5.74, 6) is -0.404. The maximum Gasteiger partial charge on any atom is 0.261 e. The van der Waals surface area contributed by atoms with Gasteiger partial charge >= 0.3 is 0 Å². The highest BCUT2D eigenvalue weighted by Gasteiger charge is 2.08. The van der Waals surface area contributed by atoms with Crippen molar-refractivity contribution >= 4 is 23.2 Å². The van der Waals surface area contributed by atoms with Gasteiger partial charge in [0.25, 0.3) is 5.91 Å². The van der Waals surface area contributed by atoms with Crippen LogP contribution in [0.1, 0.15) is 14.5 Å². The average molecular weight is 212 g/mol. The molecular weight excluding hydrogens is 200 g/mol. The number of carbonyl (C=O) groups excluding carboxylic acids is 2.